The second-order valence-electron chi connectivity index (χ2n) is 5.33. The van der Waals surface area contributed by atoms with Gasteiger partial charge in [-0.1, -0.05) is 12.1 Å². The Kier molecular flexibility index (Phi) is 6.43. The van der Waals surface area contributed by atoms with Crippen LogP contribution in [0.25, 0.3) is 0 Å². The van der Waals surface area contributed by atoms with Crippen molar-refractivity contribution < 1.29 is 13.9 Å². The molecule has 1 aliphatic rings. The fourth-order valence-corrected chi connectivity index (χ4v) is 2.52. The molecule has 0 radical (unpaired) electrons. The van der Waals surface area contributed by atoms with E-state index in [9.17, 15) is 4.39 Å². The normalized spacial score (nSPS) is 21.7. The number of hydrogen-bond acceptors (Lipinski definition) is 3. The molecule has 1 N–H and O–H groups in total. The van der Waals surface area contributed by atoms with Crippen molar-refractivity contribution in [1.29, 1.82) is 0 Å². The first-order valence-corrected chi connectivity index (χ1v) is 7.35. The summed E-state index contributed by atoms with van der Waals surface area (Å²) in [7, 11) is 1.68. The fraction of sp³-hybridized carbons (Fsp3) is 0.625. The summed E-state index contributed by atoms with van der Waals surface area (Å²) in [6.07, 6.45) is 3.33. The van der Waals surface area contributed by atoms with E-state index >= 15 is 0 Å². The molecule has 1 fully saturated rings. The van der Waals surface area contributed by atoms with Gasteiger partial charge in [-0.2, -0.15) is 0 Å². The highest BCUT2D eigenvalue weighted by Gasteiger charge is 2.29. The van der Waals surface area contributed by atoms with Crippen LogP contribution in [0.1, 0.15) is 30.7 Å². The predicted octanol–water partition coefficient (Wildman–Crippen LogP) is 2.71. The van der Waals surface area contributed by atoms with Gasteiger partial charge in [-0.25, -0.2) is 4.39 Å². The minimum Gasteiger partial charge on any atom is -0.382 e. The second-order valence-corrected chi connectivity index (χ2v) is 5.33. The molecule has 2 rings (SSSR count). The van der Waals surface area contributed by atoms with E-state index in [4.69, 9.17) is 9.47 Å². The molecular formula is C16H24FNO2. The van der Waals surface area contributed by atoms with Crippen molar-refractivity contribution >= 4 is 0 Å². The minimum atomic E-state index is -0.156. The molecule has 0 spiro atoms. The molecule has 0 aliphatic heterocycles. The Morgan fingerprint density at radius 2 is 1.90 bits per heavy atom. The first-order chi connectivity index (χ1) is 9.79. The first kappa shape index (κ1) is 15.4. The quantitative estimate of drug-likeness (QED) is 0.706. The topological polar surface area (TPSA) is 30.5 Å². The average molecular weight is 281 g/mol. The van der Waals surface area contributed by atoms with E-state index in [2.05, 4.69) is 5.32 Å². The maximum absolute atomic E-state index is 12.8. The Hall–Kier alpha value is -0.970. The van der Waals surface area contributed by atoms with Gasteiger partial charge in [0.05, 0.1) is 13.2 Å². The molecule has 1 saturated carbocycles. The highest BCUT2D eigenvalue weighted by atomic mass is 19.1. The molecule has 0 atom stereocenters. The summed E-state index contributed by atoms with van der Waals surface area (Å²) in [6, 6.07) is 7.50. The molecule has 0 unspecified atom stereocenters. The highest BCUT2D eigenvalue weighted by Crippen LogP contribution is 2.36. The largest absolute Gasteiger partial charge is 0.382 e. The number of rotatable bonds is 9. The van der Waals surface area contributed by atoms with E-state index in [-0.39, 0.29) is 5.82 Å². The van der Waals surface area contributed by atoms with Crippen LogP contribution < -0.4 is 5.32 Å². The van der Waals surface area contributed by atoms with Crippen molar-refractivity contribution in [3.05, 3.63) is 35.6 Å². The Morgan fingerprint density at radius 1 is 1.15 bits per heavy atom. The molecule has 0 heterocycles. The van der Waals surface area contributed by atoms with Crippen LogP contribution in [0.5, 0.6) is 0 Å². The smallest absolute Gasteiger partial charge is 0.123 e. The minimum absolute atomic E-state index is 0.156. The maximum atomic E-state index is 12.8. The van der Waals surface area contributed by atoms with Gasteiger partial charge in [0.15, 0.2) is 0 Å². The number of halogens is 1. The van der Waals surface area contributed by atoms with E-state index in [1.54, 1.807) is 19.2 Å². The molecule has 3 nitrogen and oxygen atoms in total. The molecule has 1 aromatic carbocycles. The summed E-state index contributed by atoms with van der Waals surface area (Å²) in [6.45, 7) is 3.11. The lowest BCUT2D eigenvalue weighted by atomic mass is 9.76. The van der Waals surface area contributed by atoms with E-state index in [1.807, 2.05) is 12.1 Å². The third-order valence-corrected chi connectivity index (χ3v) is 3.81. The van der Waals surface area contributed by atoms with Crippen molar-refractivity contribution in [3.8, 4) is 0 Å². The molecule has 0 aromatic heterocycles. The Morgan fingerprint density at radius 3 is 2.60 bits per heavy atom. The zero-order valence-corrected chi connectivity index (χ0v) is 12.1. The van der Waals surface area contributed by atoms with Crippen LogP contribution in [0.3, 0.4) is 0 Å². The number of nitrogens with one attached hydrogen (secondary N) is 1. The Labute approximate surface area is 120 Å². The summed E-state index contributed by atoms with van der Waals surface area (Å²) < 4.78 is 23.2. The lowest BCUT2D eigenvalue weighted by Crippen LogP contribution is -2.40. The van der Waals surface area contributed by atoms with Crippen molar-refractivity contribution in [2.75, 3.05) is 33.5 Å². The van der Waals surface area contributed by atoms with Gasteiger partial charge in [-0.15, -0.1) is 0 Å². The van der Waals surface area contributed by atoms with Gasteiger partial charge in [0.2, 0.25) is 0 Å². The van der Waals surface area contributed by atoms with Crippen LogP contribution in [0.2, 0.25) is 0 Å². The average Bonchev–Trinajstić information content (AvgIpc) is 2.41. The molecule has 112 valence electrons. The lowest BCUT2D eigenvalue weighted by Gasteiger charge is -2.36. The van der Waals surface area contributed by atoms with Gasteiger partial charge >= 0.3 is 0 Å². The van der Waals surface area contributed by atoms with Crippen LogP contribution in [0.4, 0.5) is 4.39 Å². The van der Waals surface area contributed by atoms with Gasteiger partial charge in [-0.3, -0.25) is 0 Å². The van der Waals surface area contributed by atoms with Crippen LogP contribution >= 0.6 is 0 Å². The Bertz CT molecular complexity index is 377. The molecule has 1 aromatic rings. The summed E-state index contributed by atoms with van der Waals surface area (Å²) in [4.78, 5) is 0. The van der Waals surface area contributed by atoms with Gasteiger partial charge in [0.1, 0.15) is 5.82 Å². The number of ether oxygens (including phenoxy) is 2. The van der Waals surface area contributed by atoms with E-state index in [1.165, 1.54) is 5.56 Å². The number of hydrogen-bond donors (Lipinski definition) is 1. The zero-order valence-electron chi connectivity index (χ0n) is 12.1. The molecule has 0 amide bonds. The Balaban J connectivity index is 1.50. The maximum Gasteiger partial charge on any atom is 0.123 e. The molecule has 20 heavy (non-hydrogen) atoms. The lowest BCUT2D eigenvalue weighted by molar-refractivity contribution is 0.0688. The fourth-order valence-electron chi connectivity index (χ4n) is 2.52. The van der Waals surface area contributed by atoms with Crippen molar-refractivity contribution in [1.82, 2.24) is 5.32 Å². The third-order valence-electron chi connectivity index (χ3n) is 3.81. The van der Waals surface area contributed by atoms with Crippen molar-refractivity contribution in [2.24, 2.45) is 0 Å². The van der Waals surface area contributed by atoms with E-state index in [0.717, 1.165) is 32.4 Å². The van der Waals surface area contributed by atoms with Gasteiger partial charge < -0.3 is 14.8 Å². The van der Waals surface area contributed by atoms with Gasteiger partial charge in [0, 0.05) is 19.8 Å². The number of benzene rings is 1. The van der Waals surface area contributed by atoms with Gasteiger partial charge in [-0.05, 0) is 49.4 Å². The highest BCUT2D eigenvalue weighted by molar-refractivity contribution is 5.23. The molecular weight excluding hydrogens is 257 g/mol. The van der Waals surface area contributed by atoms with Crippen molar-refractivity contribution in [3.63, 3.8) is 0 Å². The van der Waals surface area contributed by atoms with Crippen molar-refractivity contribution in [2.45, 2.75) is 31.2 Å². The van der Waals surface area contributed by atoms with E-state index < -0.39 is 0 Å². The third kappa shape index (κ3) is 4.85. The summed E-state index contributed by atoms with van der Waals surface area (Å²) in [5.74, 6) is 0.433. The summed E-state index contributed by atoms with van der Waals surface area (Å²) in [5.41, 5.74) is 1.26. The second kappa shape index (κ2) is 8.35. The zero-order chi connectivity index (χ0) is 14.2. The van der Waals surface area contributed by atoms with Gasteiger partial charge in [0.25, 0.3) is 0 Å². The summed E-state index contributed by atoms with van der Waals surface area (Å²) >= 11 is 0. The number of methoxy groups -OCH3 is 1. The molecule has 0 saturated heterocycles. The standard InChI is InChI=1S/C16H24FNO2/c1-19-9-10-20-8-2-7-18-16-11-14(12-16)13-3-5-15(17)6-4-13/h3-6,14,16,18H,2,7-12H2,1H3. The predicted molar refractivity (Wildman–Crippen MR) is 77.5 cm³/mol. The molecule has 4 heteroatoms. The summed E-state index contributed by atoms with van der Waals surface area (Å²) in [5, 5.41) is 3.54. The van der Waals surface area contributed by atoms with Crippen LogP contribution in [0.15, 0.2) is 24.3 Å². The monoisotopic (exact) mass is 281 g/mol. The van der Waals surface area contributed by atoms with Crippen LogP contribution in [0, 0.1) is 5.82 Å². The molecule has 1 aliphatic carbocycles. The first-order valence-electron chi connectivity index (χ1n) is 7.35. The molecule has 0 bridgehead atoms. The van der Waals surface area contributed by atoms with Crippen LogP contribution in [-0.2, 0) is 9.47 Å². The van der Waals surface area contributed by atoms with Crippen LogP contribution in [-0.4, -0.2) is 39.5 Å². The van der Waals surface area contributed by atoms with E-state index in [0.29, 0.717) is 25.2 Å². The SMILES string of the molecule is COCCOCCCNC1CC(c2ccc(F)cc2)C1.